The van der Waals surface area contributed by atoms with E-state index in [1.54, 1.807) is 24.3 Å². The fourth-order valence-electron chi connectivity index (χ4n) is 7.49. The Kier molecular flexibility index (Phi) is 12.3. The van der Waals surface area contributed by atoms with Crippen molar-refractivity contribution in [3.05, 3.63) is 181 Å². The SMILES string of the molecule is N#Cc1ccc(-c2ccc(CC(NC(=O)[C@@H]3Cc4cc5c(cc4CN3Cc3ccccc3Cl)O[C@@H](c3ccc(OCc4ccc(Cl)c(Cl)c4)cc3)CO5)C(=O)O)cc2)cc1. The summed E-state index contributed by atoms with van der Waals surface area (Å²) in [6.45, 7) is 1.37. The van der Waals surface area contributed by atoms with Crippen LogP contribution in [0.15, 0.2) is 127 Å². The van der Waals surface area contributed by atoms with Gasteiger partial charge in [-0.2, -0.15) is 5.26 Å². The summed E-state index contributed by atoms with van der Waals surface area (Å²) in [5.74, 6) is 0.346. The number of hydrogen-bond donors (Lipinski definition) is 2. The lowest BCUT2D eigenvalue weighted by molar-refractivity contribution is -0.142. The van der Waals surface area contributed by atoms with Gasteiger partial charge in [0, 0.05) is 24.5 Å². The highest BCUT2D eigenvalue weighted by atomic mass is 35.5. The van der Waals surface area contributed by atoms with Gasteiger partial charge >= 0.3 is 5.97 Å². The number of benzene rings is 6. The molecule has 60 heavy (non-hydrogen) atoms. The number of halogens is 3. The molecule has 0 saturated carbocycles. The van der Waals surface area contributed by atoms with Crippen LogP contribution in [0.2, 0.25) is 15.1 Å². The van der Waals surface area contributed by atoms with Gasteiger partial charge in [-0.15, -0.1) is 0 Å². The van der Waals surface area contributed by atoms with E-state index in [4.69, 9.17) is 54.3 Å². The maximum atomic E-state index is 14.2. The van der Waals surface area contributed by atoms with Crippen LogP contribution >= 0.6 is 34.8 Å². The second kappa shape index (κ2) is 18.1. The third kappa shape index (κ3) is 9.38. The molecule has 302 valence electrons. The quantitative estimate of drug-likeness (QED) is 0.125. The van der Waals surface area contributed by atoms with Gasteiger partial charge in [-0.05, 0) is 106 Å². The number of carboxylic acids is 1. The largest absolute Gasteiger partial charge is 0.489 e. The zero-order valence-corrected chi connectivity index (χ0v) is 34.4. The van der Waals surface area contributed by atoms with Gasteiger partial charge in [-0.25, -0.2) is 4.79 Å². The van der Waals surface area contributed by atoms with Crippen molar-refractivity contribution in [1.29, 1.82) is 5.26 Å². The molecule has 12 heteroatoms. The zero-order chi connectivity index (χ0) is 41.8. The fraction of sp³-hybridized carbons (Fsp3) is 0.188. The second-order valence-corrected chi connectivity index (χ2v) is 16.0. The molecule has 0 spiro atoms. The Bertz CT molecular complexity index is 2580. The number of hydrogen-bond acceptors (Lipinski definition) is 7. The van der Waals surface area contributed by atoms with Crippen molar-refractivity contribution in [3.63, 3.8) is 0 Å². The molecule has 2 N–H and O–H groups in total. The first kappa shape index (κ1) is 40.7. The van der Waals surface area contributed by atoms with Crippen LogP contribution in [0.3, 0.4) is 0 Å². The van der Waals surface area contributed by atoms with Gasteiger partial charge in [-0.1, -0.05) is 108 Å². The Balaban J connectivity index is 0.968. The summed E-state index contributed by atoms with van der Waals surface area (Å²) >= 11 is 18.8. The number of rotatable bonds is 12. The fourth-order valence-corrected chi connectivity index (χ4v) is 8.00. The normalized spacial score (nSPS) is 16.2. The van der Waals surface area contributed by atoms with Crippen LogP contribution in [0.5, 0.6) is 17.2 Å². The molecule has 1 unspecified atom stereocenters. The summed E-state index contributed by atoms with van der Waals surface area (Å²) in [7, 11) is 0. The first-order valence-electron chi connectivity index (χ1n) is 19.3. The molecule has 0 aliphatic carbocycles. The molecule has 2 heterocycles. The van der Waals surface area contributed by atoms with E-state index in [0.717, 1.165) is 44.5 Å². The first-order chi connectivity index (χ1) is 29.1. The summed E-state index contributed by atoms with van der Waals surface area (Å²) in [4.78, 5) is 28.8. The lowest BCUT2D eigenvalue weighted by Gasteiger charge is -2.38. The molecule has 2 aliphatic rings. The smallest absolute Gasteiger partial charge is 0.326 e. The number of nitriles is 1. The lowest BCUT2D eigenvalue weighted by Crippen LogP contribution is -2.54. The maximum absolute atomic E-state index is 14.2. The molecule has 3 atom stereocenters. The van der Waals surface area contributed by atoms with Crippen molar-refractivity contribution in [1.82, 2.24) is 10.2 Å². The summed E-state index contributed by atoms with van der Waals surface area (Å²) in [6.07, 6.45) is 0.0545. The summed E-state index contributed by atoms with van der Waals surface area (Å²) in [5, 5.41) is 23.8. The van der Waals surface area contributed by atoms with Crippen LogP contribution in [-0.2, 0) is 42.1 Å². The molecule has 0 radical (unpaired) electrons. The number of fused-ring (bicyclic) bond motifs is 2. The lowest BCUT2D eigenvalue weighted by atomic mass is 9.91. The molecule has 2 aliphatic heterocycles. The van der Waals surface area contributed by atoms with Crippen molar-refractivity contribution >= 4 is 46.7 Å². The number of carboxylic acid groups (broad SMARTS) is 1. The molecule has 6 aromatic carbocycles. The molecule has 0 aromatic heterocycles. The van der Waals surface area contributed by atoms with Gasteiger partial charge in [0.1, 0.15) is 25.0 Å². The number of nitrogens with zero attached hydrogens (tertiary/aromatic N) is 2. The number of nitrogens with one attached hydrogen (secondary N) is 1. The van der Waals surface area contributed by atoms with E-state index in [0.29, 0.717) is 64.0 Å². The molecular weight excluding hydrogens is 821 g/mol. The van der Waals surface area contributed by atoms with E-state index in [2.05, 4.69) is 11.4 Å². The van der Waals surface area contributed by atoms with E-state index >= 15 is 0 Å². The highest BCUT2D eigenvalue weighted by molar-refractivity contribution is 6.42. The highest BCUT2D eigenvalue weighted by Gasteiger charge is 2.36. The number of aliphatic carboxylic acids is 1. The third-order valence-corrected chi connectivity index (χ3v) is 11.9. The molecule has 1 amide bonds. The van der Waals surface area contributed by atoms with Gasteiger partial charge in [0.05, 0.1) is 27.7 Å². The Morgan fingerprint density at radius 3 is 2.22 bits per heavy atom. The summed E-state index contributed by atoms with van der Waals surface area (Å²) in [5.41, 5.74) is 7.76. The zero-order valence-electron chi connectivity index (χ0n) is 32.1. The summed E-state index contributed by atoms with van der Waals surface area (Å²) < 4.78 is 18.7. The monoisotopic (exact) mass is 857 g/mol. The van der Waals surface area contributed by atoms with E-state index in [1.807, 2.05) is 108 Å². The Hall–Kier alpha value is -6.02. The molecule has 8 rings (SSSR count). The minimum absolute atomic E-state index is 0.0941. The number of ether oxygens (including phenoxy) is 3. The van der Waals surface area contributed by atoms with Gasteiger partial charge < -0.3 is 24.6 Å². The van der Waals surface area contributed by atoms with Crippen LogP contribution < -0.4 is 19.5 Å². The van der Waals surface area contributed by atoms with Crippen molar-refractivity contribution in [3.8, 4) is 34.4 Å². The van der Waals surface area contributed by atoms with Gasteiger partial charge in [0.15, 0.2) is 17.6 Å². The van der Waals surface area contributed by atoms with Gasteiger partial charge in [-0.3, -0.25) is 9.69 Å². The number of amides is 1. The molecule has 0 fully saturated rings. The third-order valence-electron chi connectivity index (χ3n) is 10.8. The molecule has 6 aromatic rings. The van der Waals surface area contributed by atoms with Crippen LogP contribution in [0.1, 0.15) is 45.0 Å². The molecule has 0 bridgehead atoms. The first-order valence-corrected chi connectivity index (χ1v) is 20.5. The average molecular weight is 859 g/mol. The Morgan fingerprint density at radius 2 is 1.52 bits per heavy atom. The van der Waals surface area contributed by atoms with E-state index in [1.165, 1.54) is 0 Å². The van der Waals surface area contributed by atoms with E-state index < -0.39 is 24.0 Å². The van der Waals surface area contributed by atoms with Crippen LogP contribution in [-0.4, -0.2) is 40.6 Å². The molecular formula is C48H38Cl3N3O6. The van der Waals surface area contributed by atoms with Crippen LogP contribution in [0.25, 0.3) is 11.1 Å². The van der Waals surface area contributed by atoms with Gasteiger partial charge in [0.2, 0.25) is 5.91 Å². The van der Waals surface area contributed by atoms with Crippen molar-refractivity contribution < 1.29 is 28.9 Å². The minimum atomic E-state index is -1.16. The highest BCUT2D eigenvalue weighted by Crippen LogP contribution is 2.41. The maximum Gasteiger partial charge on any atom is 0.326 e. The predicted molar refractivity (Wildman–Crippen MR) is 231 cm³/mol. The summed E-state index contributed by atoms with van der Waals surface area (Å²) in [6, 6.07) is 39.5. The molecule has 9 nitrogen and oxygen atoms in total. The predicted octanol–water partition coefficient (Wildman–Crippen LogP) is 10.0. The van der Waals surface area contributed by atoms with Crippen molar-refractivity contribution in [2.24, 2.45) is 0 Å². The number of carbonyl (C=O) groups is 2. The Labute approximate surface area is 362 Å². The van der Waals surface area contributed by atoms with E-state index in [-0.39, 0.29) is 19.1 Å². The Morgan fingerprint density at radius 1 is 0.817 bits per heavy atom. The molecule has 0 saturated heterocycles. The number of carbonyl (C=O) groups excluding carboxylic acids is 1. The van der Waals surface area contributed by atoms with Crippen LogP contribution in [0.4, 0.5) is 0 Å². The second-order valence-electron chi connectivity index (χ2n) is 14.8. The minimum Gasteiger partial charge on any atom is -0.489 e. The topological polar surface area (TPSA) is 121 Å². The van der Waals surface area contributed by atoms with E-state index in [9.17, 15) is 14.7 Å². The average Bonchev–Trinajstić information content (AvgIpc) is 3.26. The van der Waals surface area contributed by atoms with Crippen molar-refractivity contribution in [2.75, 3.05) is 6.61 Å². The van der Waals surface area contributed by atoms with Gasteiger partial charge in [0.25, 0.3) is 0 Å². The standard InChI is InChI=1S/C48H38Cl3N3O6/c49-39-4-2-1-3-35(39)25-54-26-37-23-45-44(59-28-46(60-45)34-14-16-38(17-15-34)58-27-31-9-18-40(50)41(51)19-31)22-36(37)21-43(54)47(55)53-42(48(56)57)20-29-5-10-32(11-6-29)33-12-7-30(24-52)8-13-33/h1-19,22-23,42-43,46H,20-21,25-28H2,(H,53,55)(H,56,57)/t42?,43-,46+/m0/s1. The van der Waals surface area contributed by atoms with Crippen molar-refractivity contribution in [2.45, 2.75) is 50.7 Å². The van der Waals surface area contributed by atoms with Crippen LogP contribution in [0, 0.1) is 11.3 Å².